The van der Waals surface area contributed by atoms with Gasteiger partial charge in [-0.3, -0.25) is 9.59 Å². The number of alkyl carbamates (subject to hydrolysis) is 1. The fraction of sp³-hybridized carbons (Fsp3) is 0.360. The van der Waals surface area contributed by atoms with Crippen LogP contribution in [0.5, 0.6) is 0 Å². The summed E-state index contributed by atoms with van der Waals surface area (Å²) in [4.78, 5) is 49.3. The summed E-state index contributed by atoms with van der Waals surface area (Å²) in [5.74, 6) is -1.26. The number of carbonyl (C=O) groups excluding carboxylic acids is 4. The van der Waals surface area contributed by atoms with Gasteiger partial charge in [0.2, 0.25) is 5.91 Å². The van der Waals surface area contributed by atoms with E-state index >= 15 is 0 Å². The van der Waals surface area contributed by atoms with Crippen LogP contribution in [0.15, 0.2) is 60.7 Å². The van der Waals surface area contributed by atoms with E-state index in [2.05, 4.69) is 10.6 Å². The molecule has 0 aliphatic carbocycles. The molecule has 8 nitrogen and oxygen atoms in total. The topological polar surface area (TPSA) is 111 Å². The molecule has 0 fully saturated rings. The molecule has 0 heterocycles. The van der Waals surface area contributed by atoms with E-state index in [1.165, 1.54) is 7.11 Å². The van der Waals surface area contributed by atoms with Gasteiger partial charge in [-0.1, -0.05) is 67.6 Å². The molecule has 0 aliphatic rings. The Morgan fingerprint density at radius 1 is 0.848 bits per heavy atom. The molecule has 8 heteroatoms. The summed E-state index contributed by atoms with van der Waals surface area (Å²) in [7, 11) is 1.21. The normalized spacial score (nSPS) is 12.2. The Labute approximate surface area is 193 Å². The zero-order chi connectivity index (χ0) is 24.1. The molecule has 2 atom stereocenters. The Balaban J connectivity index is 2.08. The van der Waals surface area contributed by atoms with E-state index in [0.717, 1.165) is 11.1 Å². The van der Waals surface area contributed by atoms with Crippen LogP contribution in [-0.2, 0) is 36.9 Å². The van der Waals surface area contributed by atoms with Gasteiger partial charge in [0, 0.05) is 19.3 Å². The molecule has 0 unspecified atom stereocenters. The number of ketones is 1. The van der Waals surface area contributed by atoms with E-state index in [0.29, 0.717) is 6.42 Å². The highest BCUT2D eigenvalue weighted by Gasteiger charge is 2.28. The lowest BCUT2D eigenvalue weighted by molar-refractivity contribution is -0.145. The van der Waals surface area contributed by atoms with Crippen LogP contribution in [0.25, 0.3) is 0 Å². The minimum absolute atomic E-state index is 0.0263. The van der Waals surface area contributed by atoms with Crippen molar-refractivity contribution in [2.75, 3.05) is 7.11 Å². The third-order valence-electron chi connectivity index (χ3n) is 5.01. The molecule has 0 aliphatic heterocycles. The summed E-state index contributed by atoms with van der Waals surface area (Å²) in [6.45, 7) is 1.78. The van der Waals surface area contributed by atoms with Crippen LogP contribution in [0.1, 0.15) is 37.3 Å². The van der Waals surface area contributed by atoms with Gasteiger partial charge in [-0.05, 0) is 17.5 Å². The first kappa shape index (κ1) is 25.6. The first-order valence-corrected chi connectivity index (χ1v) is 10.8. The molecular weight excluding hydrogens is 424 g/mol. The molecule has 2 aromatic rings. The second-order valence-electron chi connectivity index (χ2n) is 7.46. The number of benzene rings is 2. The number of rotatable bonds is 12. The van der Waals surface area contributed by atoms with Crippen molar-refractivity contribution in [1.82, 2.24) is 10.6 Å². The van der Waals surface area contributed by atoms with Crippen LogP contribution in [0.4, 0.5) is 4.79 Å². The highest BCUT2D eigenvalue weighted by molar-refractivity contribution is 5.90. The van der Waals surface area contributed by atoms with Gasteiger partial charge in [0.25, 0.3) is 0 Å². The van der Waals surface area contributed by atoms with Gasteiger partial charge < -0.3 is 20.1 Å². The number of hydrogen-bond donors (Lipinski definition) is 2. The zero-order valence-corrected chi connectivity index (χ0v) is 18.9. The third-order valence-corrected chi connectivity index (χ3v) is 5.01. The maximum Gasteiger partial charge on any atom is 0.408 e. The smallest absolute Gasteiger partial charge is 0.408 e. The van der Waals surface area contributed by atoms with Gasteiger partial charge in [-0.15, -0.1) is 0 Å². The number of methoxy groups -OCH3 is 1. The molecule has 0 radical (unpaired) electrons. The minimum atomic E-state index is -1.00. The molecule has 2 aromatic carbocycles. The van der Waals surface area contributed by atoms with E-state index in [9.17, 15) is 19.2 Å². The van der Waals surface area contributed by atoms with Gasteiger partial charge in [0.15, 0.2) is 0 Å². The van der Waals surface area contributed by atoms with Crippen LogP contribution in [0.3, 0.4) is 0 Å². The summed E-state index contributed by atoms with van der Waals surface area (Å²) in [6, 6.07) is 16.3. The average Bonchev–Trinajstić information content (AvgIpc) is 2.85. The van der Waals surface area contributed by atoms with Crippen LogP contribution in [-0.4, -0.2) is 42.9 Å². The molecule has 2 rings (SSSR count). The van der Waals surface area contributed by atoms with Crippen molar-refractivity contribution in [3.8, 4) is 0 Å². The molecule has 0 aromatic heterocycles. The number of hydrogen-bond acceptors (Lipinski definition) is 6. The first-order valence-electron chi connectivity index (χ1n) is 10.8. The van der Waals surface area contributed by atoms with Crippen molar-refractivity contribution in [2.45, 2.75) is 51.3 Å². The van der Waals surface area contributed by atoms with E-state index in [4.69, 9.17) is 9.47 Å². The average molecular weight is 455 g/mol. The number of carbonyl (C=O) groups is 4. The highest BCUT2D eigenvalue weighted by Crippen LogP contribution is 2.08. The van der Waals surface area contributed by atoms with Crippen LogP contribution in [0, 0.1) is 0 Å². The number of nitrogens with one attached hydrogen (secondary N) is 2. The molecule has 176 valence electrons. The first-order chi connectivity index (χ1) is 15.9. The highest BCUT2D eigenvalue weighted by atomic mass is 16.5. The Bertz CT molecular complexity index is 917. The number of esters is 1. The summed E-state index contributed by atoms with van der Waals surface area (Å²) >= 11 is 0. The van der Waals surface area contributed by atoms with Gasteiger partial charge in [0.05, 0.1) is 7.11 Å². The lowest BCUT2D eigenvalue weighted by Crippen LogP contribution is -2.52. The van der Waals surface area contributed by atoms with Crippen LogP contribution < -0.4 is 10.6 Å². The van der Waals surface area contributed by atoms with E-state index in [-0.39, 0.29) is 31.7 Å². The molecule has 2 amide bonds. The van der Waals surface area contributed by atoms with Crippen molar-refractivity contribution in [3.05, 3.63) is 71.8 Å². The summed E-state index contributed by atoms with van der Waals surface area (Å²) in [6.07, 6.45) is 0.0154. The SMILES string of the molecule is CCC(=O)CC[C@H](NC(=O)[C@@H](Cc1ccccc1)NC(=O)OCc1ccccc1)C(=O)OC. The molecule has 0 saturated carbocycles. The second kappa shape index (κ2) is 13.7. The van der Waals surface area contributed by atoms with Crippen molar-refractivity contribution in [1.29, 1.82) is 0 Å². The molecular formula is C25H30N2O6. The monoisotopic (exact) mass is 454 g/mol. The lowest BCUT2D eigenvalue weighted by atomic mass is 10.0. The summed E-state index contributed by atoms with van der Waals surface area (Å²) in [5, 5.41) is 5.19. The van der Waals surface area contributed by atoms with Crippen LogP contribution in [0.2, 0.25) is 0 Å². The van der Waals surface area contributed by atoms with Gasteiger partial charge in [0.1, 0.15) is 24.5 Å². The molecule has 0 bridgehead atoms. The Morgan fingerprint density at radius 2 is 1.45 bits per heavy atom. The molecule has 2 N–H and O–H groups in total. The summed E-state index contributed by atoms with van der Waals surface area (Å²) in [5.41, 5.74) is 1.62. The van der Waals surface area contributed by atoms with Gasteiger partial charge >= 0.3 is 12.1 Å². The van der Waals surface area contributed by atoms with Gasteiger partial charge in [-0.2, -0.15) is 0 Å². The Morgan fingerprint density at radius 3 is 2.03 bits per heavy atom. The predicted octanol–water partition coefficient (Wildman–Crippen LogP) is 2.94. The molecule has 0 spiro atoms. The number of Topliss-reactive ketones (excluding diaryl/α,β-unsaturated/α-hetero) is 1. The Kier molecular flexibility index (Phi) is 10.6. The Hall–Kier alpha value is -3.68. The zero-order valence-electron chi connectivity index (χ0n) is 18.9. The van der Waals surface area contributed by atoms with Crippen molar-refractivity contribution >= 4 is 23.8 Å². The predicted molar refractivity (Wildman–Crippen MR) is 122 cm³/mol. The van der Waals surface area contributed by atoms with Gasteiger partial charge in [-0.25, -0.2) is 9.59 Å². The molecule has 0 saturated heterocycles. The van der Waals surface area contributed by atoms with E-state index in [1.54, 1.807) is 6.92 Å². The maximum atomic E-state index is 13.0. The second-order valence-corrected chi connectivity index (χ2v) is 7.46. The van der Waals surface area contributed by atoms with Crippen molar-refractivity contribution in [3.63, 3.8) is 0 Å². The fourth-order valence-electron chi connectivity index (χ4n) is 3.11. The molecule has 33 heavy (non-hydrogen) atoms. The van der Waals surface area contributed by atoms with Crippen molar-refractivity contribution in [2.24, 2.45) is 0 Å². The number of ether oxygens (including phenoxy) is 2. The summed E-state index contributed by atoms with van der Waals surface area (Å²) < 4.78 is 10.0. The van der Waals surface area contributed by atoms with Crippen LogP contribution >= 0.6 is 0 Å². The minimum Gasteiger partial charge on any atom is -0.467 e. The lowest BCUT2D eigenvalue weighted by Gasteiger charge is -2.22. The number of amides is 2. The van der Waals surface area contributed by atoms with E-state index in [1.807, 2.05) is 60.7 Å². The largest absolute Gasteiger partial charge is 0.467 e. The van der Waals surface area contributed by atoms with E-state index < -0.39 is 30.1 Å². The quantitative estimate of drug-likeness (QED) is 0.477. The van der Waals surface area contributed by atoms with Crippen molar-refractivity contribution < 1.29 is 28.7 Å². The fourth-order valence-corrected chi connectivity index (χ4v) is 3.11. The standard InChI is InChI=1S/C25H30N2O6/c1-3-20(28)14-15-21(24(30)32-2)26-23(29)22(16-18-10-6-4-7-11-18)27-25(31)33-17-19-12-8-5-9-13-19/h4-13,21-22H,3,14-17H2,1-2H3,(H,26,29)(H,27,31)/t21-,22+/m0/s1. The maximum absolute atomic E-state index is 13.0. The third kappa shape index (κ3) is 9.14.